The number of thioether (sulfide) groups is 1. The number of likely N-dealkylation sites (tertiary alicyclic amines) is 1. The Labute approximate surface area is 146 Å². The van der Waals surface area contributed by atoms with Crippen molar-refractivity contribution in [3.63, 3.8) is 0 Å². The van der Waals surface area contributed by atoms with E-state index < -0.39 is 22.2 Å². The zero-order valence-corrected chi connectivity index (χ0v) is 15.2. The van der Waals surface area contributed by atoms with Crippen LogP contribution in [0.15, 0.2) is 29.4 Å². The molecule has 1 fully saturated rings. The maximum absolute atomic E-state index is 13.7. The Kier molecular flexibility index (Phi) is 7.00. The Bertz CT molecular complexity index is 643. The number of nitrogens with one attached hydrogen (secondary N) is 1. The lowest BCUT2D eigenvalue weighted by Gasteiger charge is -2.24. The van der Waals surface area contributed by atoms with Crippen LogP contribution in [0, 0.1) is 0 Å². The maximum Gasteiger partial charge on any atom is 0.233 e. The fourth-order valence-corrected chi connectivity index (χ4v) is 4.48. The van der Waals surface area contributed by atoms with Crippen molar-refractivity contribution >= 4 is 27.7 Å². The molecule has 1 aromatic heterocycles. The van der Waals surface area contributed by atoms with Gasteiger partial charge in [-0.1, -0.05) is 6.92 Å². The molecular weight excluding hydrogens is 353 g/mol. The topological polar surface area (TPSA) is 79.4 Å². The minimum absolute atomic E-state index is 0.0237. The zero-order chi connectivity index (χ0) is 17.6. The number of carbonyl (C=O) groups is 1. The van der Waals surface area contributed by atoms with Crippen molar-refractivity contribution in [1.82, 2.24) is 14.6 Å². The van der Waals surface area contributed by atoms with Gasteiger partial charge in [-0.05, 0) is 18.6 Å². The van der Waals surface area contributed by atoms with Crippen LogP contribution < -0.4 is 4.72 Å². The Morgan fingerprint density at radius 2 is 2.17 bits per heavy atom. The van der Waals surface area contributed by atoms with Crippen LogP contribution in [-0.4, -0.2) is 61.0 Å². The third kappa shape index (κ3) is 5.71. The number of sulfonamides is 1. The van der Waals surface area contributed by atoms with E-state index >= 15 is 0 Å². The number of amides is 1. The maximum atomic E-state index is 13.7. The number of hydrogen-bond donors (Lipinski definition) is 1. The second kappa shape index (κ2) is 8.77. The van der Waals surface area contributed by atoms with Crippen molar-refractivity contribution in [2.75, 3.05) is 24.6 Å². The van der Waals surface area contributed by atoms with Gasteiger partial charge in [-0.25, -0.2) is 17.5 Å². The van der Waals surface area contributed by atoms with E-state index in [4.69, 9.17) is 0 Å². The van der Waals surface area contributed by atoms with Crippen LogP contribution in [0.2, 0.25) is 0 Å². The molecule has 9 heteroatoms. The number of hydrogen-bond acceptors (Lipinski definition) is 5. The summed E-state index contributed by atoms with van der Waals surface area (Å²) in [7, 11) is -3.36. The molecule has 2 unspecified atom stereocenters. The number of aromatic nitrogens is 1. The van der Waals surface area contributed by atoms with Gasteiger partial charge in [0.1, 0.15) is 6.17 Å². The first-order valence-electron chi connectivity index (χ1n) is 7.85. The summed E-state index contributed by atoms with van der Waals surface area (Å²) >= 11 is 1.36. The molecule has 0 aromatic carbocycles. The van der Waals surface area contributed by atoms with Crippen molar-refractivity contribution in [3.8, 4) is 0 Å². The highest BCUT2D eigenvalue weighted by atomic mass is 32.2. The molecular formula is C15H22FN3O3S2. The highest BCUT2D eigenvalue weighted by molar-refractivity contribution is 8.00. The third-order valence-electron chi connectivity index (χ3n) is 3.71. The first kappa shape index (κ1) is 19.1. The summed E-state index contributed by atoms with van der Waals surface area (Å²) in [6, 6.07) is 3.17. The zero-order valence-electron chi connectivity index (χ0n) is 13.5. The predicted octanol–water partition coefficient (Wildman–Crippen LogP) is 1.44. The summed E-state index contributed by atoms with van der Waals surface area (Å²) in [6.45, 7) is 1.86. The highest BCUT2D eigenvalue weighted by Crippen LogP contribution is 2.23. The van der Waals surface area contributed by atoms with Gasteiger partial charge >= 0.3 is 0 Å². The van der Waals surface area contributed by atoms with Crippen molar-refractivity contribution in [2.24, 2.45) is 0 Å². The van der Waals surface area contributed by atoms with Crippen LogP contribution in [0.4, 0.5) is 4.39 Å². The van der Waals surface area contributed by atoms with E-state index in [-0.39, 0.29) is 36.9 Å². The lowest BCUT2D eigenvalue weighted by Crippen LogP contribution is -2.44. The first-order valence-corrected chi connectivity index (χ1v) is 10.5. The molecule has 6 nitrogen and oxygen atoms in total. The molecule has 0 radical (unpaired) electrons. The predicted molar refractivity (Wildman–Crippen MR) is 92.1 cm³/mol. The molecule has 1 aliphatic heterocycles. The SMILES string of the molecule is CCCS(=O)(=O)NCC1CC(F)CN1C(=O)CSc1ccncc1. The number of pyridine rings is 1. The molecule has 0 saturated carbocycles. The summed E-state index contributed by atoms with van der Waals surface area (Å²) in [6.07, 6.45) is 2.86. The molecule has 2 heterocycles. The van der Waals surface area contributed by atoms with Gasteiger partial charge < -0.3 is 4.90 Å². The number of alkyl halides is 1. The fourth-order valence-electron chi connectivity index (χ4n) is 2.58. The van der Waals surface area contributed by atoms with Crippen molar-refractivity contribution in [3.05, 3.63) is 24.5 Å². The largest absolute Gasteiger partial charge is 0.335 e. The first-order chi connectivity index (χ1) is 11.4. The monoisotopic (exact) mass is 375 g/mol. The minimum atomic E-state index is -3.36. The van der Waals surface area contributed by atoms with Crippen molar-refractivity contribution in [1.29, 1.82) is 0 Å². The van der Waals surface area contributed by atoms with Gasteiger partial charge in [0.25, 0.3) is 0 Å². The second-order valence-electron chi connectivity index (χ2n) is 5.67. The van der Waals surface area contributed by atoms with Crippen LogP contribution in [0.1, 0.15) is 19.8 Å². The van der Waals surface area contributed by atoms with Crippen LogP contribution in [0.5, 0.6) is 0 Å². The molecule has 134 valence electrons. The molecule has 24 heavy (non-hydrogen) atoms. The number of rotatable bonds is 8. The normalized spacial score (nSPS) is 21.2. The third-order valence-corrected chi connectivity index (χ3v) is 6.26. The van der Waals surface area contributed by atoms with E-state index in [0.29, 0.717) is 6.42 Å². The van der Waals surface area contributed by atoms with E-state index in [1.807, 2.05) is 0 Å². The van der Waals surface area contributed by atoms with Crippen LogP contribution in [-0.2, 0) is 14.8 Å². The molecule has 0 spiro atoms. The Morgan fingerprint density at radius 3 is 2.83 bits per heavy atom. The van der Waals surface area contributed by atoms with Crippen LogP contribution >= 0.6 is 11.8 Å². The van der Waals surface area contributed by atoms with E-state index in [1.54, 1.807) is 31.5 Å². The molecule has 1 N–H and O–H groups in total. The van der Waals surface area contributed by atoms with E-state index in [2.05, 4.69) is 9.71 Å². The quantitative estimate of drug-likeness (QED) is 0.696. The lowest BCUT2D eigenvalue weighted by molar-refractivity contribution is -0.129. The highest BCUT2D eigenvalue weighted by Gasteiger charge is 2.35. The van der Waals surface area contributed by atoms with Gasteiger partial charge in [0.05, 0.1) is 18.1 Å². The smallest absolute Gasteiger partial charge is 0.233 e. The van der Waals surface area contributed by atoms with Gasteiger partial charge in [0.15, 0.2) is 0 Å². The molecule has 0 bridgehead atoms. The number of carbonyl (C=O) groups excluding carboxylic acids is 1. The van der Waals surface area contributed by atoms with Gasteiger partial charge in [0.2, 0.25) is 15.9 Å². The summed E-state index contributed by atoms with van der Waals surface area (Å²) in [4.78, 5) is 18.6. The van der Waals surface area contributed by atoms with Crippen LogP contribution in [0.3, 0.4) is 0 Å². The summed E-state index contributed by atoms with van der Waals surface area (Å²) in [5, 5.41) is 0. The van der Waals surface area contributed by atoms with Crippen molar-refractivity contribution < 1.29 is 17.6 Å². The van der Waals surface area contributed by atoms with E-state index in [0.717, 1.165) is 4.90 Å². The molecule has 2 atom stereocenters. The fraction of sp³-hybridized carbons (Fsp3) is 0.600. The molecule has 1 saturated heterocycles. The van der Waals surface area contributed by atoms with Gasteiger partial charge in [-0.3, -0.25) is 9.78 Å². The van der Waals surface area contributed by atoms with E-state index in [9.17, 15) is 17.6 Å². The second-order valence-corrected chi connectivity index (χ2v) is 8.65. The van der Waals surface area contributed by atoms with Gasteiger partial charge in [0, 0.05) is 36.3 Å². The molecule has 1 aromatic rings. The Morgan fingerprint density at radius 1 is 1.46 bits per heavy atom. The van der Waals surface area contributed by atoms with E-state index in [1.165, 1.54) is 16.7 Å². The van der Waals surface area contributed by atoms with Gasteiger partial charge in [-0.15, -0.1) is 11.8 Å². The summed E-state index contributed by atoms with van der Waals surface area (Å²) in [5.41, 5.74) is 0. The summed E-state index contributed by atoms with van der Waals surface area (Å²) < 4.78 is 39.7. The minimum Gasteiger partial charge on any atom is -0.335 e. The average Bonchev–Trinajstić information content (AvgIpc) is 2.93. The number of halogens is 1. The summed E-state index contributed by atoms with van der Waals surface area (Å²) in [5.74, 6) is 0.0381. The average molecular weight is 375 g/mol. The molecule has 1 aliphatic rings. The Hall–Kier alpha value is -1.19. The number of nitrogens with zero attached hydrogens (tertiary/aromatic N) is 2. The van der Waals surface area contributed by atoms with Crippen molar-refractivity contribution in [2.45, 2.75) is 36.9 Å². The lowest BCUT2D eigenvalue weighted by atomic mass is 10.2. The van der Waals surface area contributed by atoms with Crippen LogP contribution in [0.25, 0.3) is 0 Å². The Balaban J connectivity index is 1.90. The molecule has 0 aliphatic carbocycles. The molecule has 1 amide bonds. The van der Waals surface area contributed by atoms with Gasteiger partial charge in [-0.2, -0.15) is 0 Å². The molecule has 2 rings (SSSR count). The standard InChI is InChI=1S/C15H22FN3O3S2/c1-2-7-24(21,22)18-9-13-8-12(16)10-19(13)15(20)11-23-14-3-5-17-6-4-14/h3-6,12-13,18H,2,7-11H2,1H3.